The number of hydrogen-bond donors (Lipinski definition) is 0. The fourth-order valence-corrected chi connectivity index (χ4v) is 3.63. The lowest BCUT2D eigenvalue weighted by Crippen LogP contribution is -2.36. The van der Waals surface area contributed by atoms with Crippen LogP contribution in [-0.2, 0) is 24.6 Å². The maximum atomic E-state index is 11.2. The van der Waals surface area contributed by atoms with E-state index in [1.807, 2.05) is 6.07 Å². The van der Waals surface area contributed by atoms with E-state index in [-0.39, 0.29) is 11.7 Å². The summed E-state index contributed by atoms with van der Waals surface area (Å²) in [5, 5.41) is 0. The van der Waals surface area contributed by atoms with E-state index in [4.69, 9.17) is 8.92 Å². The number of aryl methyl sites for hydroxylation is 1. The minimum Gasteiger partial charge on any atom is -0.374 e. The second kappa shape index (κ2) is 5.84. The summed E-state index contributed by atoms with van der Waals surface area (Å²) < 4.78 is 33.3. The molecule has 1 fully saturated rings. The van der Waals surface area contributed by atoms with Gasteiger partial charge in [0.25, 0.3) is 10.1 Å². The predicted octanol–water partition coefficient (Wildman–Crippen LogP) is 2.76. The molecule has 0 bridgehead atoms. The summed E-state index contributed by atoms with van der Waals surface area (Å²) in [4.78, 5) is 0. The van der Waals surface area contributed by atoms with Crippen LogP contribution in [0.5, 0.6) is 0 Å². The van der Waals surface area contributed by atoms with Gasteiger partial charge < -0.3 is 4.74 Å². The molecule has 0 radical (unpaired) electrons. The average molecular weight is 298 g/mol. The summed E-state index contributed by atoms with van der Waals surface area (Å²) in [5.41, 5.74) is 2.05. The van der Waals surface area contributed by atoms with Crippen LogP contribution in [0.4, 0.5) is 0 Å². The van der Waals surface area contributed by atoms with Crippen LogP contribution in [0.3, 0.4) is 0 Å². The fraction of sp³-hybridized carbons (Fsp3) is 0.600. The van der Waals surface area contributed by atoms with Gasteiger partial charge in [-0.1, -0.05) is 29.8 Å². The Kier molecular flexibility index (Phi) is 4.52. The molecule has 1 aliphatic carbocycles. The van der Waals surface area contributed by atoms with Gasteiger partial charge in [-0.2, -0.15) is 8.42 Å². The summed E-state index contributed by atoms with van der Waals surface area (Å²) in [6, 6.07) is 8.31. The lowest BCUT2D eigenvalue weighted by atomic mass is 9.78. The first kappa shape index (κ1) is 15.5. The number of rotatable bonds is 4. The van der Waals surface area contributed by atoms with Gasteiger partial charge in [-0.3, -0.25) is 4.18 Å². The topological polar surface area (TPSA) is 52.6 Å². The quantitative estimate of drug-likeness (QED) is 0.802. The maximum absolute atomic E-state index is 11.2. The van der Waals surface area contributed by atoms with Crippen molar-refractivity contribution in [2.75, 3.05) is 13.4 Å². The first-order valence-corrected chi connectivity index (χ1v) is 8.67. The molecule has 2 rings (SSSR count). The molecule has 1 aromatic rings. The highest BCUT2D eigenvalue weighted by atomic mass is 32.2. The molecule has 1 aromatic carbocycles. The lowest BCUT2D eigenvalue weighted by Gasteiger charge is -2.39. The highest BCUT2D eigenvalue weighted by Crippen LogP contribution is 2.41. The third kappa shape index (κ3) is 3.59. The first-order chi connectivity index (χ1) is 9.35. The van der Waals surface area contributed by atoms with Gasteiger partial charge in [0.1, 0.15) is 0 Å². The summed E-state index contributed by atoms with van der Waals surface area (Å²) >= 11 is 0. The zero-order valence-corrected chi connectivity index (χ0v) is 13.1. The van der Waals surface area contributed by atoms with E-state index in [2.05, 4.69) is 25.1 Å². The van der Waals surface area contributed by atoms with Crippen molar-refractivity contribution >= 4 is 10.1 Å². The molecular formula is C15H22O4S. The van der Waals surface area contributed by atoms with Crippen LogP contribution in [0.25, 0.3) is 0 Å². The second-order valence-corrected chi connectivity index (χ2v) is 7.17. The molecule has 20 heavy (non-hydrogen) atoms. The van der Waals surface area contributed by atoms with Crippen molar-refractivity contribution in [3.63, 3.8) is 0 Å². The minimum atomic E-state index is -3.38. The van der Waals surface area contributed by atoms with Crippen molar-refractivity contribution in [1.82, 2.24) is 0 Å². The van der Waals surface area contributed by atoms with Gasteiger partial charge in [-0.05, 0) is 38.2 Å². The van der Waals surface area contributed by atoms with E-state index in [0.717, 1.165) is 24.7 Å². The molecule has 0 spiro atoms. The van der Waals surface area contributed by atoms with Crippen molar-refractivity contribution in [3.8, 4) is 0 Å². The van der Waals surface area contributed by atoms with Gasteiger partial charge in [0.05, 0.1) is 18.0 Å². The van der Waals surface area contributed by atoms with E-state index in [1.54, 1.807) is 7.11 Å². The molecular weight excluding hydrogens is 276 g/mol. The molecule has 0 N–H and O–H groups in total. The van der Waals surface area contributed by atoms with E-state index < -0.39 is 10.1 Å². The Bertz CT molecular complexity index is 557. The average Bonchev–Trinajstić information content (AvgIpc) is 2.38. The van der Waals surface area contributed by atoms with Crippen LogP contribution in [0.2, 0.25) is 0 Å². The number of benzene rings is 1. The lowest BCUT2D eigenvalue weighted by molar-refractivity contribution is -0.0641. The summed E-state index contributed by atoms with van der Waals surface area (Å²) in [6.45, 7) is 2.06. The Balaban J connectivity index is 2.12. The highest BCUT2D eigenvalue weighted by Gasteiger charge is 2.38. The van der Waals surface area contributed by atoms with Crippen molar-refractivity contribution in [2.45, 2.75) is 44.3 Å². The zero-order chi connectivity index (χ0) is 14.8. The van der Waals surface area contributed by atoms with Gasteiger partial charge in [-0.25, -0.2) is 0 Å². The van der Waals surface area contributed by atoms with Crippen LogP contribution in [-0.4, -0.2) is 27.9 Å². The molecule has 0 aliphatic heterocycles. The van der Waals surface area contributed by atoms with E-state index in [9.17, 15) is 8.42 Å². The first-order valence-electron chi connectivity index (χ1n) is 6.85. The van der Waals surface area contributed by atoms with Crippen molar-refractivity contribution in [3.05, 3.63) is 35.4 Å². The van der Waals surface area contributed by atoms with Gasteiger partial charge >= 0.3 is 0 Å². The third-order valence-corrected chi connectivity index (χ3v) is 4.61. The summed E-state index contributed by atoms with van der Waals surface area (Å²) in [5.74, 6) is 0. The van der Waals surface area contributed by atoms with Gasteiger partial charge in [-0.15, -0.1) is 0 Å². The van der Waals surface area contributed by atoms with E-state index >= 15 is 0 Å². The molecule has 1 aliphatic rings. The third-order valence-electron chi connectivity index (χ3n) is 3.99. The standard InChI is InChI=1S/C15H22O4S/c1-12-5-4-6-13(11-12)15(18-2)9-7-14(8-10-15)19-20(3,16)17/h4-6,11,14H,7-10H2,1-3H3/t14-,15-. The van der Waals surface area contributed by atoms with Gasteiger partial charge in [0, 0.05) is 7.11 Å². The molecule has 0 aromatic heterocycles. The summed E-state index contributed by atoms with van der Waals surface area (Å²) in [7, 11) is -1.66. The molecule has 4 nitrogen and oxygen atoms in total. The minimum absolute atomic E-state index is 0.224. The molecule has 5 heteroatoms. The van der Waals surface area contributed by atoms with Crippen LogP contribution >= 0.6 is 0 Å². The highest BCUT2D eigenvalue weighted by molar-refractivity contribution is 7.86. The van der Waals surface area contributed by atoms with Crippen LogP contribution in [0, 0.1) is 6.92 Å². The van der Waals surface area contributed by atoms with Crippen molar-refractivity contribution in [2.24, 2.45) is 0 Å². The van der Waals surface area contributed by atoms with Crippen LogP contribution < -0.4 is 0 Å². The Hall–Kier alpha value is -0.910. The largest absolute Gasteiger partial charge is 0.374 e. The predicted molar refractivity (Wildman–Crippen MR) is 78.1 cm³/mol. The van der Waals surface area contributed by atoms with Crippen molar-refractivity contribution < 1.29 is 17.3 Å². The zero-order valence-electron chi connectivity index (χ0n) is 12.3. The van der Waals surface area contributed by atoms with Gasteiger partial charge in [0.2, 0.25) is 0 Å². The Morgan fingerprint density at radius 3 is 2.40 bits per heavy atom. The Labute approximate surface area is 121 Å². The molecule has 112 valence electrons. The molecule has 1 saturated carbocycles. The molecule has 0 amide bonds. The fourth-order valence-electron chi connectivity index (χ4n) is 2.94. The molecule has 0 unspecified atom stereocenters. The molecule has 0 heterocycles. The monoisotopic (exact) mass is 298 g/mol. The van der Waals surface area contributed by atoms with Crippen LogP contribution in [0.1, 0.15) is 36.8 Å². The van der Waals surface area contributed by atoms with E-state index in [1.165, 1.54) is 5.56 Å². The Morgan fingerprint density at radius 1 is 1.25 bits per heavy atom. The molecule has 0 atom stereocenters. The van der Waals surface area contributed by atoms with Gasteiger partial charge in [0.15, 0.2) is 0 Å². The summed E-state index contributed by atoms with van der Waals surface area (Å²) in [6.07, 6.45) is 3.80. The Morgan fingerprint density at radius 2 is 1.90 bits per heavy atom. The SMILES string of the molecule is CO[C@]1(c2cccc(C)c2)CC[C@@H](OS(C)(=O)=O)CC1. The van der Waals surface area contributed by atoms with Crippen LogP contribution in [0.15, 0.2) is 24.3 Å². The second-order valence-electron chi connectivity index (χ2n) is 5.57. The number of hydrogen-bond acceptors (Lipinski definition) is 4. The number of methoxy groups -OCH3 is 1. The van der Waals surface area contributed by atoms with Crippen molar-refractivity contribution in [1.29, 1.82) is 0 Å². The number of ether oxygens (including phenoxy) is 1. The normalized spacial score (nSPS) is 27.4. The maximum Gasteiger partial charge on any atom is 0.264 e. The van der Waals surface area contributed by atoms with E-state index in [0.29, 0.717) is 12.8 Å². The smallest absolute Gasteiger partial charge is 0.264 e. The molecule has 0 saturated heterocycles.